The number of benzene rings is 1. The van der Waals surface area contributed by atoms with E-state index in [1.807, 2.05) is 32.0 Å². The monoisotopic (exact) mass is 179 g/mol. The van der Waals surface area contributed by atoms with Gasteiger partial charge in [-0.15, -0.1) is 0 Å². The van der Waals surface area contributed by atoms with Crippen LogP contribution < -0.4 is 10.8 Å². The Bertz CT molecular complexity index is 323. The molecular weight excluding hydrogens is 166 g/mol. The topological polar surface area (TPSA) is 68.1 Å². The second-order valence-corrected chi connectivity index (χ2v) is 2.93. The number of rotatable bonds is 1. The smallest absolute Gasteiger partial charge is 0.217 e. The summed E-state index contributed by atoms with van der Waals surface area (Å²) < 4.78 is 0. The van der Waals surface area contributed by atoms with Gasteiger partial charge in [-0.2, -0.15) is 0 Å². The Hall–Kier alpha value is -1.55. The molecule has 0 radical (unpaired) electrons. The van der Waals surface area contributed by atoms with Gasteiger partial charge in [0.15, 0.2) is 0 Å². The number of hydroxylamine groups is 1. The number of guanidine groups is 1. The van der Waals surface area contributed by atoms with Crippen molar-refractivity contribution in [2.75, 3.05) is 5.32 Å². The summed E-state index contributed by atoms with van der Waals surface area (Å²) in [6, 6.07) is 5.88. The largest absolute Gasteiger partial charge is 0.325 e. The molecule has 0 bridgehead atoms. The third kappa shape index (κ3) is 2.45. The molecule has 0 spiro atoms. The van der Waals surface area contributed by atoms with Crippen LogP contribution in [0.3, 0.4) is 0 Å². The zero-order valence-corrected chi connectivity index (χ0v) is 7.68. The predicted octanol–water partition coefficient (Wildman–Crippen LogP) is 1.63. The van der Waals surface area contributed by atoms with Gasteiger partial charge in [0.2, 0.25) is 5.96 Å². The normalized spacial score (nSPS) is 9.46. The number of hydrogen-bond acceptors (Lipinski definition) is 2. The van der Waals surface area contributed by atoms with Crippen molar-refractivity contribution in [3.05, 3.63) is 29.3 Å². The summed E-state index contributed by atoms with van der Waals surface area (Å²) in [6.45, 7) is 3.91. The lowest BCUT2D eigenvalue weighted by Gasteiger charge is -2.09. The average molecular weight is 179 g/mol. The maximum Gasteiger partial charge on any atom is 0.217 e. The van der Waals surface area contributed by atoms with E-state index in [9.17, 15) is 0 Å². The Morgan fingerprint density at radius 2 is 2.08 bits per heavy atom. The van der Waals surface area contributed by atoms with Crippen molar-refractivity contribution >= 4 is 11.6 Å². The molecule has 0 saturated carbocycles. The second-order valence-electron chi connectivity index (χ2n) is 2.93. The highest BCUT2D eigenvalue weighted by Gasteiger charge is 1.99. The van der Waals surface area contributed by atoms with Crippen LogP contribution in [-0.2, 0) is 0 Å². The van der Waals surface area contributed by atoms with Crippen LogP contribution in [0.1, 0.15) is 11.1 Å². The molecule has 4 nitrogen and oxygen atoms in total. The van der Waals surface area contributed by atoms with Gasteiger partial charge >= 0.3 is 0 Å². The molecule has 13 heavy (non-hydrogen) atoms. The molecule has 0 fully saturated rings. The van der Waals surface area contributed by atoms with Gasteiger partial charge in [-0.05, 0) is 31.0 Å². The second kappa shape index (κ2) is 3.91. The Morgan fingerprint density at radius 3 is 2.69 bits per heavy atom. The van der Waals surface area contributed by atoms with Crippen molar-refractivity contribution in [3.8, 4) is 0 Å². The first-order chi connectivity index (χ1) is 6.13. The van der Waals surface area contributed by atoms with Crippen LogP contribution in [0.2, 0.25) is 0 Å². The van der Waals surface area contributed by atoms with Crippen LogP contribution in [-0.4, -0.2) is 11.2 Å². The standard InChI is InChI=1S/C9H13N3O/c1-6-3-4-7(2)8(5-6)11-9(10)12-13/h3-5,13H,1-2H3,(H3,10,11,12). The Morgan fingerprint density at radius 1 is 1.38 bits per heavy atom. The minimum absolute atomic E-state index is 0.131. The van der Waals surface area contributed by atoms with Crippen molar-refractivity contribution in [1.29, 1.82) is 5.41 Å². The first-order valence-corrected chi connectivity index (χ1v) is 3.96. The lowest BCUT2D eigenvalue weighted by atomic mass is 10.1. The summed E-state index contributed by atoms with van der Waals surface area (Å²) >= 11 is 0. The predicted molar refractivity (Wildman–Crippen MR) is 52.2 cm³/mol. The van der Waals surface area contributed by atoms with E-state index in [1.54, 1.807) is 5.48 Å². The Labute approximate surface area is 77.1 Å². The maximum absolute atomic E-state index is 8.42. The molecule has 1 rings (SSSR count). The minimum atomic E-state index is -0.131. The van der Waals surface area contributed by atoms with Crippen molar-refractivity contribution < 1.29 is 5.21 Å². The zero-order valence-electron chi connectivity index (χ0n) is 7.68. The van der Waals surface area contributed by atoms with Crippen molar-refractivity contribution in [3.63, 3.8) is 0 Å². The van der Waals surface area contributed by atoms with E-state index in [2.05, 4.69) is 5.32 Å². The fourth-order valence-corrected chi connectivity index (χ4v) is 1.03. The third-order valence-electron chi connectivity index (χ3n) is 1.76. The van der Waals surface area contributed by atoms with Gasteiger partial charge < -0.3 is 5.32 Å². The van der Waals surface area contributed by atoms with E-state index < -0.39 is 0 Å². The zero-order chi connectivity index (χ0) is 9.84. The fraction of sp³-hybridized carbons (Fsp3) is 0.222. The highest BCUT2D eigenvalue weighted by molar-refractivity contribution is 5.91. The van der Waals surface area contributed by atoms with Crippen LogP contribution >= 0.6 is 0 Å². The summed E-state index contributed by atoms with van der Waals surface area (Å²) in [7, 11) is 0. The average Bonchev–Trinajstić information content (AvgIpc) is 2.11. The molecule has 0 saturated heterocycles. The molecule has 0 atom stereocenters. The van der Waals surface area contributed by atoms with E-state index >= 15 is 0 Å². The van der Waals surface area contributed by atoms with Crippen molar-refractivity contribution in [2.24, 2.45) is 0 Å². The van der Waals surface area contributed by atoms with Crippen molar-refractivity contribution in [2.45, 2.75) is 13.8 Å². The van der Waals surface area contributed by atoms with Crippen LogP contribution in [0, 0.1) is 19.3 Å². The lowest BCUT2D eigenvalue weighted by Crippen LogP contribution is -2.26. The Kier molecular flexibility index (Phi) is 2.87. The number of aryl methyl sites for hydroxylation is 2. The maximum atomic E-state index is 8.42. The molecule has 1 aromatic rings. The molecule has 0 unspecified atom stereocenters. The van der Waals surface area contributed by atoms with Crippen LogP contribution in [0.4, 0.5) is 5.69 Å². The minimum Gasteiger partial charge on any atom is -0.325 e. The van der Waals surface area contributed by atoms with Crippen molar-refractivity contribution in [1.82, 2.24) is 5.48 Å². The van der Waals surface area contributed by atoms with Gasteiger partial charge in [0, 0.05) is 5.69 Å². The van der Waals surface area contributed by atoms with Gasteiger partial charge in [-0.1, -0.05) is 12.1 Å². The molecule has 1 aromatic carbocycles. The van der Waals surface area contributed by atoms with Crippen LogP contribution in [0.15, 0.2) is 18.2 Å². The van der Waals surface area contributed by atoms with Crippen LogP contribution in [0.25, 0.3) is 0 Å². The first kappa shape index (κ1) is 9.54. The molecule has 4 N–H and O–H groups in total. The summed E-state index contributed by atoms with van der Waals surface area (Å²) in [5.74, 6) is -0.131. The molecule has 0 amide bonds. The quantitative estimate of drug-likeness (QED) is 0.301. The molecule has 70 valence electrons. The summed E-state index contributed by atoms with van der Waals surface area (Å²) in [5, 5.41) is 18.3. The first-order valence-electron chi connectivity index (χ1n) is 3.96. The van der Waals surface area contributed by atoms with Gasteiger partial charge in [0.1, 0.15) is 0 Å². The summed E-state index contributed by atoms with van der Waals surface area (Å²) in [6.07, 6.45) is 0. The van der Waals surface area contributed by atoms with Gasteiger partial charge in [-0.3, -0.25) is 10.6 Å². The highest BCUT2D eigenvalue weighted by Crippen LogP contribution is 2.15. The van der Waals surface area contributed by atoms with Gasteiger partial charge in [0.05, 0.1) is 0 Å². The van der Waals surface area contributed by atoms with Gasteiger partial charge in [-0.25, -0.2) is 5.48 Å². The van der Waals surface area contributed by atoms with E-state index in [0.717, 1.165) is 16.8 Å². The molecule has 0 aliphatic heterocycles. The molecule has 4 heteroatoms. The van der Waals surface area contributed by atoms with Crippen LogP contribution in [0.5, 0.6) is 0 Å². The number of nitrogens with one attached hydrogen (secondary N) is 3. The molecule has 0 heterocycles. The number of hydrogen-bond donors (Lipinski definition) is 4. The van der Waals surface area contributed by atoms with E-state index in [4.69, 9.17) is 10.6 Å². The summed E-state index contributed by atoms with van der Waals surface area (Å²) in [5.41, 5.74) is 4.70. The SMILES string of the molecule is Cc1ccc(C)c(NC(=N)NO)c1. The van der Waals surface area contributed by atoms with E-state index in [-0.39, 0.29) is 5.96 Å². The molecular formula is C9H13N3O. The number of anilines is 1. The fourth-order valence-electron chi connectivity index (χ4n) is 1.03. The highest BCUT2D eigenvalue weighted by atomic mass is 16.5. The van der Waals surface area contributed by atoms with E-state index in [1.165, 1.54) is 0 Å². The van der Waals surface area contributed by atoms with Gasteiger partial charge in [0.25, 0.3) is 0 Å². The summed E-state index contributed by atoms with van der Waals surface area (Å²) in [4.78, 5) is 0. The Balaban J connectivity index is 2.87. The lowest BCUT2D eigenvalue weighted by molar-refractivity contribution is 0.233. The third-order valence-corrected chi connectivity index (χ3v) is 1.76. The van der Waals surface area contributed by atoms with E-state index in [0.29, 0.717) is 0 Å². The molecule has 0 aliphatic rings. The molecule has 0 aliphatic carbocycles. The molecule has 0 aromatic heterocycles.